The minimum Gasteiger partial charge on any atom is -0.478 e. The number of halogens is 3. The fourth-order valence-corrected chi connectivity index (χ4v) is 2.43. The zero-order valence-electron chi connectivity index (χ0n) is 10.8. The number of carboxylic acids is 1. The summed E-state index contributed by atoms with van der Waals surface area (Å²) in [6, 6.07) is 4.69. The molecule has 0 amide bonds. The maximum atomic E-state index is 14.0. The van der Waals surface area contributed by atoms with Crippen molar-refractivity contribution in [2.24, 2.45) is 0 Å². The van der Waals surface area contributed by atoms with E-state index in [9.17, 15) is 13.7 Å². The Balaban J connectivity index is 2.83. The molecule has 21 heavy (non-hydrogen) atoms. The molecule has 0 heterocycles. The number of carboxylic acid groups (broad SMARTS) is 1. The Hall–Kier alpha value is -2.34. The van der Waals surface area contributed by atoms with Gasteiger partial charge in [-0.15, -0.1) is 0 Å². The van der Waals surface area contributed by atoms with Crippen molar-refractivity contribution in [1.82, 2.24) is 0 Å². The summed E-state index contributed by atoms with van der Waals surface area (Å²) in [6.07, 6.45) is 0. The van der Waals surface area contributed by atoms with E-state index in [1.807, 2.05) is 0 Å². The highest BCUT2D eigenvalue weighted by Crippen LogP contribution is 2.42. The third-order valence-corrected chi connectivity index (χ3v) is 3.42. The first-order chi connectivity index (χ1) is 9.88. The molecule has 2 aromatic carbocycles. The molecule has 0 bridgehead atoms. The zero-order chi connectivity index (χ0) is 15.7. The molecular formula is C14H10ClF2NO3. The van der Waals surface area contributed by atoms with Gasteiger partial charge in [0, 0.05) is 20.8 Å². The number of nitrogen functional groups attached to an aromatic ring is 1. The van der Waals surface area contributed by atoms with Crippen LogP contribution in [0.25, 0.3) is 11.1 Å². The van der Waals surface area contributed by atoms with Crippen LogP contribution < -0.4 is 10.7 Å². The molecule has 0 saturated carbocycles. The summed E-state index contributed by atoms with van der Waals surface area (Å²) in [6.45, 7) is 1.47. The van der Waals surface area contributed by atoms with Gasteiger partial charge in [0.1, 0.15) is 5.82 Å². The van der Waals surface area contributed by atoms with Gasteiger partial charge in [-0.2, -0.15) is 0 Å². The van der Waals surface area contributed by atoms with E-state index >= 15 is 0 Å². The molecule has 0 aromatic heterocycles. The average Bonchev–Trinajstić information content (AvgIpc) is 2.44. The van der Waals surface area contributed by atoms with E-state index in [1.165, 1.54) is 19.1 Å². The molecule has 110 valence electrons. The number of carbonyl (C=O) groups is 1. The average molecular weight is 314 g/mol. The van der Waals surface area contributed by atoms with Gasteiger partial charge in [-0.25, -0.2) is 9.18 Å². The minimum absolute atomic E-state index is 0.0671. The number of hydrogen-bond acceptors (Lipinski definition) is 3. The summed E-state index contributed by atoms with van der Waals surface area (Å²) in [5, 5.41) is 8.97. The minimum atomic E-state index is -1.26. The largest absolute Gasteiger partial charge is 0.478 e. The van der Waals surface area contributed by atoms with Gasteiger partial charge in [0.05, 0.1) is 11.1 Å². The number of benzene rings is 2. The Morgan fingerprint density at radius 2 is 2.05 bits per heavy atom. The Labute approximate surface area is 123 Å². The fraction of sp³-hybridized carbons (Fsp3) is 0.0714. The van der Waals surface area contributed by atoms with Crippen LogP contribution in [0.4, 0.5) is 14.6 Å². The van der Waals surface area contributed by atoms with Gasteiger partial charge >= 0.3 is 5.97 Å². The van der Waals surface area contributed by atoms with Crippen LogP contribution in [-0.2, 0) is 0 Å². The van der Waals surface area contributed by atoms with Crippen LogP contribution in [0.5, 0.6) is 5.75 Å². The molecule has 0 fully saturated rings. The molecule has 0 radical (unpaired) electrons. The lowest BCUT2D eigenvalue weighted by molar-refractivity contribution is -0.00575. The van der Waals surface area contributed by atoms with E-state index in [-0.39, 0.29) is 38.7 Å². The van der Waals surface area contributed by atoms with E-state index in [0.717, 1.165) is 12.1 Å². The van der Waals surface area contributed by atoms with Crippen LogP contribution >= 0.6 is 11.6 Å². The highest BCUT2D eigenvalue weighted by molar-refractivity contribution is 6.34. The lowest BCUT2D eigenvalue weighted by Crippen LogP contribution is -2.06. The summed E-state index contributed by atoms with van der Waals surface area (Å²) >= 11 is 6.02. The summed E-state index contributed by atoms with van der Waals surface area (Å²) < 4.78 is 26.6. The second-order valence-electron chi connectivity index (χ2n) is 4.31. The first kappa shape index (κ1) is 15.1. The van der Waals surface area contributed by atoms with Crippen LogP contribution in [0, 0.1) is 12.7 Å². The molecule has 0 aliphatic carbocycles. The van der Waals surface area contributed by atoms with Crippen molar-refractivity contribution in [1.29, 1.82) is 0 Å². The highest BCUT2D eigenvalue weighted by Gasteiger charge is 2.22. The summed E-state index contributed by atoms with van der Waals surface area (Å²) in [5.41, 5.74) is 5.55. The second kappa shape index (κ2) is 5.57. The van der Waals surface area contributed by atoms with Crippen LogP contribution in [0.2, 0.25) is 5.02 Å². The van der Waals surface area contributed by atoms with Gasteiger partial charge < -0.3 is 10.8 Å². The molecule has 0 saturated heterocycles. The first-order valence-corrected chi connectivity index (χ1v) is 6.15. The molecule has 0 spiro atoms. The van der Waals surface area contributed by atoms with E-state index in [0.29, 0.717) is 0 Å². The molecular weight excluding hydrogens is 304 g/mol. The van der Waals surface area contributed by atoms with Gasteiger partial charge in [0.15, 0.2) is 5.75 Å². The smallest absolute Gasteiger partial charge is 0.337 e. The van der Waals surface area contributed by atoms with E-state index in [1.54, 1.807) is 0 Å². The Morgan fingerprint density at radius 1 is 1.38 bits per heavy atom. The maximum Gasteiger partial charge on any atom is 0.337 e. The van der Waals surface area contributed by atoms with Crippen LogP contribution in [-0.4, -0.2) is 11.1 Å². The van der Waals surface area contributed by atoms with E-state index in [4.69, 9.17) is 22.4 Å². The van der Waals surface area contributed by atoms with Gasteiger partial charge in [0.25, 0.3) is 0 Å². The first-order valence-electron chi connectivity index (χ1n) is 5.77. The predicted octanol–water partition coefficient (Wildman–Crippen LogP) is 4.00. The Morgan fingerprint density at radius 3 is 2.62 bits per heavy atom. The second-order valence-corrected chi connectivity index (χ2v) is 4.72. The number of hydrogen-bond donors (Lipinski definition) is 2. The summed E-state index contributed by atoms with van der Waals surface area (Å²) in [7, 11) is 0. The van der Waals surface area contributed by atoms with E-state index < -0.39 is 11.8 Å². The van der Waals surface area contributed by atoms with Crippen molar-refractivity contribution in [2.75, 3.05) is 5.73 Å². The fourth-order valence-electron chi connectivity index (χ4n) is 2.09. The molecule has 0 aliphatic heterocycles. The number of nitrogens with two attached hydrogens (primary N) is 1. The number of aromatic carboxylic acids is 1. The van der Waals surface area contributed by atoms with Crippen LogP contribution in [0.1, 0.15) is 15.9 Å². The molecule has 0 atom stereocenters. The van der Waals surface area contributed by atoms with Crippen molar-refractivity contribution in [3.63, 3.8) is 0 Å². The standard InChI is InChI=1S/C14H10ClF2NO3/c1-6-11(8(15)5-7(13(6)18)14(19)20)12-9(16)3-2-4-10(12)21-17/h2-5H,18H2,1H3,(H,19,20). The number of anilines is 1. The van der Waals surface area contributed by atoms with Crippen molar-refractivity contribution in [3.05, 3.63) is 46.2 Å². The van der Waals surface area contributed by atoms with Crippen LogP contribution in [0.15, 0.2) is 24.3 Å². The molecule has 0 aliphatic rings. The highest BCUT2D eigenvalue weighted by atomic mass is 35.5. The lowest BCUT2D eigenvalue weighted by atomic mass is 9.95. The van der Waals surface area contributed by atoms with Crippen molar-refractivity contribution in [2.45, 2.75) is 6.92 Å². The Bertz CT molecular complexity index is 735. The predicted molar refractivity (Wildman–Crippen MR) is 74.7 cm³/mol. The normalized spacial score (nSPS) is 10.5. The van der Waals surface area contributed by atoms with Crippen molar-refractivity contribution >= 4 is 23.3 Å². The molecule has 2 rings (SSSR count). The summed E-state index contributed by atoms with van der Waals surface area (Å²) in [4.78, 5) is 14.7. The molecule has 4 nitrogen and oxygen atoms in total. The lowest BCUT2D eigenvalue weighted by Gasteiger charge is -2.15. The van der Waals surface area contributed by atoms with Crippen molar-refractivity contribution < 1.29 is 23.8 Å². The SMILES string of the molecule is Cc1c(N)c(C(=O)O)cc(Cl)c1-c1c(F)cccc1OF. The number of rotatable bonds is 3. The molecule has 2 aromatic rings. The Kier molecular flexibility index (Phi) is 3.99. The van der Waals surface area contributed by atoms with Crippen molar-refractivity contribution in [3.8, 4) is 16.9 Å². The summed E-state index contributed by atoms with van der Waals surface area (Å²) in [5.74, 6) is -2.40. The van der Waals surface area contributed by atoms with E-state index in [2.05, 4.69) is 4.94 Å². The monoisotopic (exact) mass is 313 g/mol. The van der Waals surface area contributed by atoms with Gasteiger partial charge in [-0.1, -0.05) is 17.7 Å². The molecule has 3 N–H and O–H groups in total. The zero-order valence-corrected chi connectivity index (χ0v) is 11.5. The topological polar surface area (TPSA) is 72.6 Å². The van der Waals surface area contributed by atoms with Gasteiger partial charge in [-0.3, -0.25) is 4.94 Å². The molecule has 0 unspecified atom stereocenters. The quantitative estimate of drug-likeness (QED) is 0.840. The van der Waals surface area contributed by atoms with Gasteiger partial charge in [-0.05, 0) is 30.7 Å². The van der Waals surface area contributed by atoms with Gasteiger partial charge in [0.2, 0.25) is 0 Å². The van der Waals surface area contributed by atoms with Crippen LogP contribution in [0.3, 0.4) is 0 Å². The third kappa shape index (κ3) is 2.50. The maximum absolute atomic E-state index is 14.0. The molecule has 7 heteroatoms. The third-order valence-electron chi connectivity index (χ3n) is 3.12.